The molecular formula is C14H17N3O3. The molecule has 3 rings (SSSR count). The number of nitrogens with one attached hydrogen (secondary N) is 2. The third-order valence-corrected chi connectivity index (χ3v) is 3.82. The van der Waals surface area contributed by atoms with Gasteiger partial charge in [-0.15, -0.1) is 0 Å². The Kier molecular flexibility index (Phi) is 3.10. The Morgan fingerprint density at radius 2 is 2.10 bits per heavy atom. The van der Waals surface area contributed by atoms with Crippen molar-refractivity contribution in [1.29, 1.82) is 0 Å². The van der Waals surface area contributed by atoms with Gasteiger partial charge >= 0.3 is 0 Å². The number of anilines is 2. The second kappa shape index (κ2) is 4.79. The Hall–Kier alpha value is -2.08. The fourth-order valence-corrected chi connectivity index (χ4v) is 2.65. The van der Waals surface area contributed by atoms with Crippen molar-refractivity contribution >= 4 is 23.2 Å². The molecule has 1 aliphatic heterocycles. The van der Waals surface area contributed by atoms with Gasteiger partial charge in [0.05, 0.1) is 11.2 Å². The van der Waals surface area contributed by atoms with E-state index in [1.807, 2.05) is 0 Å². The fraction of sp³-hybridized carbons (Fsp3) is 0.429. The van der Waals surface area contributed by atoms with Crippen molar-refractivity contribution < 1.29 is 14.3 Å². The molecule has 0 unspecified atom stereocenters. The first-order chi connectivity index (χ1) is 9.57. The Bertz CT molecular complexity index is 565. The first-order valence-electron chi connectivity index (χ1n) is 6.74. The van der Waals surface area contributed by atoms with E-state index in [4.69, 9.17) is 10.5 Å². The summed E-state index contributed by atoms with van der Waals surface area (Å²) in [6.45, 7) is 0.0185. The van der Waals surface area contributed by atoms with E-state index in [-0.39, 0.29) is 18.4 Å². The Balaban J connectivity index is 1.76. The largest absolute Gasteiger partial charge is 0.482 e. The van der Waals surface area contributed by atoms with E-state index in [0.717, 1.165) is 12.8 Å². The molecule has 1 aromatic carbocycles. The molecule has 1 aliphatic carbocycles. The van der Waals surface area contributed by atoms with Crippen LogP contribution in [0.4, 0.5) is 11.4 Å². The molecule has 6 heteroatoms. The molecule has 0 atom stereocenters. The van der Waals surface area contributed by atoms with Gasteiger partial charge in [-0.2, -0.15) is 0 Å². The lowest BCUT2D eigenvalue weighted by Crippen LogP contribution is -2.48. The molecule has 0 aromatic heterocycles. The number of rotatable bonds is 2. The molecule has 1 saturated carbocycles. The molecule has 1 heterocycles. The Labute approximate surface area is 116 Å². The van der Waals surface area contributed by atoms with Gasteiger partial charge < -0.3 is 21.1 Å². The molecule has 1 fully saturated rings. The van der Waals surface area contributed by atoms with Gasteiger partial charge in [0.2, 0.25) is 5.91 Å². The molecule has 1 aromatic rings. The number of nitrogens with two attached hydrogens (primary N) is 1. The maximum absolute atomic E-state index is 12.2. The van der Waals surface area contributed by atoms with E-state index in [1.165, 1.54) is 0 Å². The van der Waals surface area contributed by atoms with Crippen LogP contribution >= 0.6 is 0 Å². The number of amides is 2. The predicted molar refractivity (Wildman–Crippen MR) is 74.6 cm³/mol. The van der Waals surface area contributed by atoms with Gasteiger partial charge in [-0.25, -0.2) is 0 Å². The summed E-state index contributed by atoms with van der Waals surface area (Å²) in [5.74, 6) is 0.232. The highest BCUT2D eigenvalue weighted by molar-refractivity contribution is 6.00. The number of carbonyl (C=O) groups excluding carboxylic acids is 2. The summed E-state index contributed by atoms with van der Waals surface area (Å²) < 4.78 is 5.27. The molecule has 106 valence electrons. The molecule has 2 amide bonds. The molecule has 0 bridgehead atoms. The molecule has 6 nitrogen and oxygen atoms in total. The summed E-state index contributed by atoms with van der Waals surface area (Å²) in [5, 5.41) is 5.52. The summed E-state index contributed by atoms with van der Waals surface area (Å²) >= 11 is 0. The van der Waals surface area contributed by atoms with Gasteiger partial charge in [0.1, 0.15) is 5.75 Å². The van der Waals surface area contributed by atoms with Gasteiger partial charge in [0.25, 0.3) is 5.91 Å². The van der Waals surface area contributed by atoms with Crippen molar-refractivity contribution in [1.82, 2.24) is 0 Å². The molecular weight excluding hydrogens is 258 g/mol. The maximum Gasteiger partial charge on any atom is 0.262 e. The number of benzene rings is 1. The van der Waals surface area contributed by atoms with Gasteiger partial charge in [-0.05, 0) is 31.0 Å². The fourth-order valence-electron chi connectivity index (χ4n) is 2.65. The number of carbonyl (C=O) groups is 2. The van der Waals surface area contributed by atoms with Crippen LogP contribution in [0, 0.1) is 0 Å². The minimum atomic E-state index is -0.768. The Morgan fingerprint density at radius 3 is 2.85 bits per heavy atom. The van der Waals surface area contributed by atoms with E-state index in [0.29, 0.717) is 30.0 Å². The van der Waals surface area contributed by atoms with E-state index < -0.39 is 5.54 Å². The van der Waals surface area contributed by atoms with Crippen LogP contribution in [-0.2, 0) is 9.59 Å². The lowest BCUT2D eigenvalue weighted by atomic mass is 9.98. The summed E-state index contributed by atoms with van der Waals surface area (Å²) in [7, 11) is 0. The zero-order chi connectivity index (χ0) is 14.2. The van der Waals surface area contributed by atoms with Crippen molar-refractivity contribution in [3.8, 4) is 5.75 Å². The second-order valence-corrected chi connectivity index (χ2v) is 5.37. The third kappa shape index (κ3) is 2.34. The quantitative estimate of drug-likeness (QED) is 0.756. The van der Waals surface area contributed by atoms with Crippen molar-refractivity contribution in [3.05, 3.63) is 18.2 Å². The predicted octanol–water partition coefficient (Wildman–Crippen LogP) is 1.23. The second-order valence-electron chi connectivity index (χ2n) is 5.37. The van der Waals surface area contributed by atoms with E-state index in [1.54, 1.807) is 18.2 Å². The van der Waals surface area contributed by atoms with Crippen LogP contribution in [0.3, 0.4) is 0 Å². The van der Waals surface area contributed by atoms with E-state index in [9.17, 15) is 9.59 Å². The van der Waals surface area contributed by atoms with Crippen LogP contribution in [0.1, 0.15) is 25.7 Å². The average molecular weight is 275 g/mol. The standard InChI is InChI=1S/C14H17N3O3/c15-14(5-1-2-6-14)13(19)16-9-3-4-11-10(7-9)17-12(18)8-20-11/h3-4,7H,1-2,5-6,8,15H2,(H,16,19)(H,17,18). The smallest absolute Gasteiger partial charge is 0.262 e. The average Bonchev–Trinajstić information content (AvgIpc) is 2.86. The number of hydrogen-bond donors (Lipinski definition) is 3. The first kappa shape index (κ1) is 12.9. The van der Waals surface area contributed by atoms with Crippen LogP contribution in [0.25, 0.3) is 0 Å². The monoisotopic (exact) mass is 275 g/mol. The number of ether oxygens (including phenoxy) is 1. The van der Waals surface area contributed by atoms with Crippen molar-refractivity contribution in [2.75, 3.05) is 17.2 Å². The van der Waals surface area contributed by atoms with Crippen LogP contribution < -0.4 is 21.1 Å². The summed E-state index contributed by atoms with van der Waals surface area (Å²) in [5.41, 5.74) is 6.51. The van der Waals surface area contributed by atoms with E-state index in [2.05, 4.69) is 10.6 Å². The van der Waals surface area contributed by atoms with E-state index >= 15 is 0 Å². The van der Waals surface area contributed by atoms with Gasteiger partial charge in [-0.1, -0.05) is 12.8 Å². The molecule has 20 heavy (non-hydrogen) atoms. The highest BCUT2D eigenvalue weighted by atomic mass is 16.5. The van der Waals surface area contributed by atoms with Gasteiger partial charge in [0.15, 0.2) is 6.61 Å². The highest BCUT2D eigenvalue weighted by Crippen LogP contribution is 2.32. The van der Waals surface area contributed by atoms with Gasteiger partial charge in [0, 0.05) is 5.69 Å². The highest BCUT2D eigenvalue weighted by Gasteiger charge is 2.37. The number of hydrogen-bond acceptors (Lipinski definition) is 4. The lowest BCUT2D eigenvalue weighted by Gasteiger charge is -2.23. The van der Waals surface area contributed by atoms with Crippen LogP contribution in [0.5, 0.6) is 5.75 Å². The van der Waals surface area contributed by atoms with Crippen molar-refractivity contribution in [2.45, 2.75) is 31.2 Å². The van der Waals surface area contributed by atoms with Crippen LogP contribution in [-0.4, -0.2) is 24.0 Å². The zero-order valence-corrected chi connectivity index (χ0v) is 11.1. The van der Waals surface area contributed by atoms with Gasteiger partial charge in [-0.3, -0.25) is 9.59 Å². The Morgan fingerprint density at radius 1 is 1.35 bits per heavy atom. The lowest BCUT2D eigenvalue weighted by molar-refractivity contribution is -0.121. The maximum atomic E-state index is 12.2. The SMILES string of the molecule is NC1(C(=O)Nc2ccc3c(c2)NC(=O)CO3)CCCC1. The molecule has 0 saturated heterocycles. The summed E-state index contributed by atoms with van der Waals surface area (Å²) in [6, 6.07) is 5.15. The first-order valence-corrected chi connectivity index (χ1v) is 6.74. The zero-order valence-electron chi connectivity index (χ0n) is 11.1. The minimum absolute atomic E-state index is 0.0185. The summed E-state index contributed by atoms with van der Waals surface area (Å²) in [6.07, 6.45) is 3.39. The van der Waals surface area contributed by atoms with Crippen LogP contribution in [0.2, 0.25) is 0 Å². The van der Waals surface area contributed by atoms with Crippen LogP contribution in [0.15, 0.2) is 18.2 Å². The normalized spacial score (nSPS) is 19.8. The summed E-state index contributed by atoms with van der Waals surface area (Å²) in [4.78, 5) is 23.5. The molecule has 2 aliphatic rings. The topological polar surface area (TPSA) is 93.5 Å². The number of fused-ring (bicyclic) bond motifs is 1. The molecule has 0 spiro atoms. The third-order valence-electron chi connectivity index (χ3n) is 3.82. The van der Waals surface area contributed by atoms with Crippen molar-refractivity contribution in [3.63, 3.8) is 0 Å². The minimum Gasteiger partial charge on any atom is -0.482 e. The molecule has 0 radical (unpaired) electrons. The van der Waals surface area contributed by atoms with Crippen molar-refractivity contribution in [2.24, 2.45) is 5.73 Å². The molecule has 4 N–H and O–H groups in total.